The summed E-state index contributed by atoms with van der Waals surface area (Å²) in [4.78, 5) is 23.6. The lowest BCUT2D eigenvalue weighted by molar-refractivity contribution is -0.180. The van der Waals surface area contributed by atoms with Gasteiger partial charge in [0.15, 0.2) is 0 Å². The molecule has 2 aromatic rings. The molecule has 5 heteroatoms. The second-order valence-corrected chi connectivity index (χ2v) is 4.34. The Hall–Kier alpha value is -2.82. The highest BCUT2D eigenvalue weighted by Crippen LogP contribution is 2.15. The maximum absolute atomic E-state index is 12.1. The predicted octanol–water partition coefficient (Wildman–Crippen LogP) is 2.95. The summed E-state index contributed by atoms with van der Waals surface area (Å²) < 4.78 is 15.6. The Balaban J connectivity index is 2.09. The molecule has 0 aromatic heterocycles. The van der Waals surface area contributed by atoms with Crippen molar-refractivity contribution in [2.45, 2.75) is 19.6 Å². The summed E-state index contributed by atoms with van der Waals surface area (Å²) in [5.41, 5.74) is 0. The van der Waals surface area contributed by atoms with Crippen LogP contribution in [0.4, 0.5) is 0 Å². The van der Waals surface area contributed by atoms with Crippen LogP contribution < -0.4 is 9.47 Å². The molecule has 1 unspecified atom stereocenters. The van der Waals surface area contributed by atoms with Gasteiger partial charge < -0.3 is 14.2 Å². The van der Waals surface area contributed by atoms with Gasteiger partial charge in [0.25, 0.3) is 0 Å². The Morgan fingerprint density at radius 3 is 2.00 bits per heavy atom. The summed E-state index contributed by atoms with van der Waals surface area (Å²) in [6.07, 6.45) is -1.32. The maximum atomic E-state index is 12.1. The van der Waals surface area contributed by atoms with Gasteiger partial charge in [0, 0.05) is 6.42 Å². The molecule has 2 rings (SSSR count). The van der Waals surface area contributed by atoms with Gasteiger partial charge in [-0.3, -0.25) is 4.79 Å². The number of carbonyl (C=O) groups excluding carboxylic acids is 2. The van der Waals surface area contributed by atoms with Gasteiger partial charge in [-0.25, -0.2) is 4.79 Å². The summed E-state index contributed by atoms with van der Waals surface area (Å²) >= 11 is 0. The minimum Gasteiger partial charge on any atom is -0.445 e. The van der Waals surface area contributed by atoms with Gasteiger partial charge in [-0.1, -0.05) is 43.3 Å². The molecule has 0 saturated carbocycles. The van der Waals surface area contributed by atoms with Gasteiger partial charge in [-0.05, 0) is 24.3 Å². The molecule has 0 fully saturated rings. The van der Waals surface area contributed by atoms with Gasteiger partial charge in [-0.2, -0.15) is 0 Å². The fourth-order valence-corrected chi connectivity index (χ4v) is 1.60. The lowest BCUT2D eigenvalue weighted by atomic mass is 10.3. The highest BCUT2D eigenvalue weighted by molar-refractivity contribution is 5.80. The van der Waals surface area contributed by atoms with Gasteiger partial charge in [0.05, 0.1) is 0 Å². The number of esters is 2. The van der Waals surface area contributed by atoms with Crippen LogP contribution in [0.2, 0.25) is 0 Å². The normalized spacial score (nSPS) is 11.3. The Bertz CT molecular complexity index is 609. The van der Waals surface area contributed by atoms with Crippen molar-refractivity contribution in [3.63, 3.8) is 0 Å². The van der Waals surface area contributed by atoms with Crippen LogP contribution in [0.5, 0.6) is 11.5 Å². The van der Waals surface area contributed by atoms with Crippen molar-refractivity contribution >= 4 is 11.9 Å². The van der Waals surface area contributed by atoms with Crippen LogP contribution in [-0.2, 0) is 14.3 Å². The molecule has 0 amide bonds. The Morgan fingerprint density at radius 2 is 1.45 bits per heavy atom. The minimum absolute atomic E-state index is 0.132. The van der Waals surface area contributed by atoms with Gasteiger partial charge >= 0.3 is 18.2 Å². The third-order valence-corrected chi connectivity index (χ3v) is 2.67. The summed E-state index contributed by atoms with van der Waals surface area (Å²) in [6, 6.07) is 17.1. The van der Waals surface area contributed by atoms with E-state index in [-0.39, 0.29) is 6.42 Å². The van der Waals surface area contributed by atoms with Crippen molar-refractivity contribution in [3.8, 4) is 11.5 Å². The highest BCUT2D eigenvalue weighted by atomic mass is 16.7. The first-order valence-electron chi connectivity index (χ1n) is 6.87. The van der Waals surface area contributed by atoms with Crippen LogP contribution in [-0.4, -0.2) is 18.2 Å². The van der Waals surface area contributed by atoms with E-state index >= 15 is 0 Å². The molecule has 0 saturated heterocycles. The lowest BCUT2D eigenvalue weighted by Crippen LogP contribution is -2.36. The largest absolute Gasteiger partial charge is 0.445 e. The molecule has 0 aliphatic rings. The summed E-state index contributed by atoms with van der Waals surface area (Å²) in [5.74, 6) is -0.592. The molecule has 5 nitrogen and oxygen atoms in total. The lowest BCUT2D eigenvalue weighted by Gasteiger charge is -2.17. The van der Waals surface area contributed by atoms with Crippen molar-refractivity contribution in [3.05, 3.63) is 60.7 Å². The molecule has 0 aliphatic heterocycles. The molecular weight excluding hydrogens is 284 g/mol. The number of hydrogen-bond acceptors (Lipinski definition) is 5. The van der Waals surface area contributed by atoms with Crippen molar-refractivity contribution in [2.75, 3.05) is 0 Å². The van der Waals surface area contributed by atoms with Crippen LogP contribution >= 0.6 is 0 Å². The summed E-state index contributed by atoms with van der Waals surface area (Å²) in [5, 5.41) is 0. The van der Waals surface area contributed by atoms with Crippen LogP contribution in [0.25, 0.3) is 0 Å². The van der Waals surface area contributed by atoms with E-state index in [0.29, 0.717) is 11.5 Å². The number of ether oxygens (including phenoxy) is 3. The Labute approximate surface area is 128 Å². The molecule has 0 bridgehead atoms. The molecule has 0 heterocycles. The Morgan fingerprint density at radius 1 is 0.909 bits per heavy atom. The van der Waals surface area contributed by atoms with Gasteiger partial charge in [0.1, 0.15) is 11.5 Å². The number of rotatable bonds is 6. The average Bonchev–Trinajstić information content (AvgIpc) is 2.56. The Kier molecular flexibility index (Phi) is 5.54. The minimum atomic E-state index is -1.45. The smallest absolute Gasteiger partial charge is 0.394 e. The number of para-hydroxylation sites is 2. The van der Waals surface area contributed by atoms with Crippen molar-refractivity contribution in [1.29, 1.82) is 0 Å². The zero-order chi connectivity index (χ0) is 15.8. The summed E-state index contributed by atoms with van der Waals surface area (Å²) in [7, 11) is 0. The molecular formula is C17H16O5. The number of carbonyl (C=O) groups is 2. The van der Waals surface area contributed by atoms with E-state index in [2.05, 4.69) is 0 Å². The number of benzene rings is 2. The molecule has 22 heavy (non-hydrogen) atoms. The first kappa shape index (κ1) is 15.6. The molecule has 0 aliphatic carbocycles. The quantitative estimate of drug-likeness (QED) is 0.466. The monoisotopic (exact) mass is 300 g/mol. The highest BCUT2D eigenvalue weighted by Gasteiger charge is 2.26. The SMILES string of the molecule is CCC(=O)OC(Oc1ccccc1)C(=O)Oc1ccccc1. The van der Waals surface area contributed by atoms with Gasteiger partial charge in [-0.15, -0.1) is 0 Å². The van der Waals surface area contributed by atoms with E-state index in [4.69, 9.17) is 14.2 Å². The molecule has 1 atom stereocenters. The van der Waals surface area contributed by atoms with Crippen molar-refractivity contribution in [2.24, 2.45) is 0 Å². The van der Waals surface area contributed by atoms with Crippen LogP contribution in [0.3, 0.4) is 0 Å². The van der Waals surface area contributed by atoms with Gasteiger partial charge in [0.2, 0.25) is 0 Å². The zero-order valence-electron chi connectivity index (χ0n) is 12.1. The second kappa shape index (κ2) is 7.83. The van der Waals surface area contributed by atoms with Crippen LogP contribution in [0.15, 0.2) is 60.7 Å². The van der Waals surface area contributed by atoms with E-state index in [1.165, 1.54) is 0 Å². The topological polar surface area (TPSA) is 61.8 Å². The molecule has 0 spiro atoms. The molecule has 114 valence electrons. The third-order valence-electron chi connectivity index (χ3n) is 2.67. The van der Waals surface area contributed by atoms with Crippen LogP contribution in [0.1, 0.15) is 13.3 Å². The average molecular weight is 300 g/mol. The predicted molar refractivity (Wildman–Crippen MR) is 79.3 cm³/mol. The van der Waals surface area contributed by atoms with E-state index in [9.17, 15) is 9.59 Å². The fourth-order valence-electron chi connectivity index (χ4n) is 1.60. The summed E-state index contributed by atoms with van der Waals surface area (Å²) in [6.45, 7) is 1.63. The van der Waals surface area contributed by atoms with Crippen LogP contribution in [0, 0.1) is 0 Å². The maximum Gasteiger partial charge on any atom is 0.394 e. The van der Waals surface area contributed by atoms with E-state index < -0.39 is 18.2 Å². The van der Waals surface area contributed by atoms with E-state index in [1.54, 1.807) is 61.5 Å². The first-order chi connectivity index (χ1) is 10.7. The standard InChI is InChI=1S/C17H16O5/c1-2-15(18)22-17(21-14-11-7-4-8-12-14)16(19)20-13-9-5-3-6-10-13/h3-12,17H,2H2,1H3. The van der Waals surface area contributed by atoms with Crippen molar-refractivity contribution in [1.82, 2.24) is 0 Å². The second-order valence-electron chi connectivity index (χ2n) is 4.34. The third kappa shape index (κ3) is 4.63. The molecule has 2 aromatic carbocycles. The van der Waals surface area contributed by atoms with Crippen molar-refractivity contribution < 1.29 is 23.8 Å². The van der Waals surface area contributed by atoms with E-state index in [0.717, 1.165) is 0 Å². The molecule has 0 radical (unpaired) electrons. The van der Waals surface area contributed by atoms with E-state index in [1.807, 2.05) is 6.07 Å². The first-order valence-corrected chi connectivity index (χ1v) is 6.87. The zero-order valence-corrected chi connectivity index (χ0v) is 12.1. The molecule has 0 N–H and O–H groups in total. The fraction of sp³-hybridized carbons (Fsp3) is 0.176. The number of hydrogen-bond donors (Lipinski definition) is 0.